The van der Waals surface area contributed by atoms with Crippen LogP contribution in [0.5, 0.6) is 0 Å². The molecule has 0 amide bonds. The first kappa shape index (κ1) is 15.2. The summed E-state index contributed by atoms with van der Waals surface area (Å²) in [7, 11) is 0. The number of aryl methyl sites for hydroxylation is 1. The van der Waals surface area contributed by atoms with Gasteiger partial charge in [-0.15, -0.1) is 11.6 Å². The molecule has 21 heavy (non-hydrogen) atoms. The second-order valence-corrected chi connectivity index (χ2v) is 6.68. The number of alkyl halides is 1. The van der Waals surface area contributed by atoms with Gasteiger partial charge < -0.3 is 0 Å². The number of halogens is 4. The van der Waals surface area contributed by atoms with Gasteiger partial charge in [0, 0.05) is 4.47 Å². The third-order valence-electron chi connectivity index (χ3n) is 3.29. The number of rotatable bonds is 2. The molecule has 0 aliphatic rings. The summed E-state index contributed by atoms with van der Waals surface area (Å²) in [6.45, 7) is 2.04. The first-order valence-corrected chi connectivity index (χ1v) is 8.28. The van der Waals surface area contributed by atoms with E-state index in [1.807, 2.05) is 29.7 Å². The molecule has 0 saturated carbocycles. The van der Waals surface area contributed by atoms with E-state index in [-0.39, 0.29) is 0 Å². The average molecular weight is 405 g/mol. The van der Waals surface area contributed by atoms with Crippen LogP contribution in [0.15, 0.2) is 34.8 Å². The van der Waals surface area contributed by atoms with Gasteiger partial charge in [0.25, 0.3) is 0 Å². The highest BCUT2D eigenvalue weighted by atomic mass is 79.9. The lowest BCUT2D eigenvalue weighted by atomic mass is 10.2. The summed E-state index contributed by atoms with van der Waals surface area (Å²) in [4.78, 5) is 4.55. The van der Waals surface area contributed by atoms with Gasteiger partial charge in [0.15, 0.2) is 0 Å². The fraction of sp³-hybridized carbons (Fsp3) is 0.133. The van der Waals surface area contributed by atoms with E-state index < -0.39 is 0 Å². The van der Waals surface area contributed by atoms with Gasteiger partial charge in [-0.05, 0) is 42.8 Å². The van der Waals surface area contributed by atoms with Gasteiger partial charge in [-0.25, -0.2) is 4.98 Å². The molecule has 0 spiro atoms. The molecule has 3 aromatic rings. The molecule has 108 valence electrons. The quantitative estimate of drug-likeness (QED) is 0.469. The molecular weight excluding hydrogens is 394 g/mol. The Labute approximate surface area is 145 Å². The van der Waals surface area contributed by atoms with Crippen molar-refractivity contribution in [3.8, 4) is 5.69 Å². The lowest BCUT2D eigenvalue weighted by Crippen LogP contribution is -2.01. The summed E-state index contributed by atoms with van der Waals surface area (Å²) in [6, 6.07) is 9.66. The lowest BCUT2D eigenvalue weighted by molar-refractivity contribution is 0.972. The summed E-state index contributed by atoms with van der Waals surface area (Å²) >= 11 is 21.8. The zero-order valence-corrected chi connectivity index (χ0v) is 14.9. The van der Waals surface area contributed by atoms with Gasteiger partial charge >= 0.3 is 0 Å². The Kier molecular flexibility index (Phi) is 4.19. The predicted molar refractivity (Wildman–Crippen MR) is 93.1 cm³/mol. The molecule has 0 fully saturated rings. The van der Waals surface area contributed by atoms with E-state index in [4.69, 9.17) is 34.8 Å². The first-order chi connectivity index (χ1) is 10.0. The van der Waals surface area contributed by atoms with E-state index >= 15 is 0 Å². The van der Waals surface area contributed by atoms with E-state index in [1.165, 1.54) is 0 Å². The van der Waals surface area contributed by atoms with Crippen LogP contribution in [-0.2, 0) is 5.88 Å². The van der Waals surface area contributed by atoms with Crippen LogP contribution < -0.4 is 0 Å². The van der Waals surface area contributed by atoms with Gasteiger partial charge in [-0.1, -0.05) is 39.1 Å². The molecule has 3 rings (SSSR count). The van der Waals surface area contributed by atoms with Crippen molar-refractivity contribution < 1.29 is 0 Å². The molecule has 0 radical (unpaired) electrons. The molecule has 0 bridgehead atoms. The zero-order valence-electron chi connectivity index (χ0n) is 11.0. The van der Waals surface area contributed by atoms with Crippen molar-refractivity contribution in [2.45, 2.75) is 12.8 Å². The van der Waals surface area contributed by atoms with E-state index in [2.05, 4.69) is 27.0 Å². The minimum Gasteiger partial charge on any atom is -0.295 e. The molecule has 0 aliphatic carbocycles. The maximum absolute atomic E-state index is 6.15. The molecule has 0 aliphatic heterocycles. The van der Waals surface area contributed by atoms with E-state index in [9.17, 15) is 0 Å². The minimum absolute atomic E-state index is 0.305. The monoisotopic (exact) mass is 402 g/mol. The Bertz CT molecular complexity index is 843. The van der Waals surface area contributed by atoms with Crippen molar-refractivity contribution >= 4 is 61.8 Å². The van der Waals surface area contributed by atoms with Crippen molar-refractivity contribution in [1.29, 1.82) is 0 Å². The Morgan fingerprint density at radius 1 is 1.14 bits per heavy atom. The highest BCUT2D eigenvalue weighted by Crippen LogP contribution is 2.32. The van der Waals surface area contributed by atoms with Crippen molar-refractivity contribution in [3.05, 3.63) is 56.2 Å². The molecule has 1 aromatic heterocycles. The normalized spacial score (nSPS) is 11.3. The fourth-order valence-electron chi connectivity index (χ4n) is 2.35. The summed E-state index contributed by atoms with van der Waals surface area (Å²) in [5.74, 6) is 1.06. The largest absolute Gasteiger partial charge is 0.295 e. The SMILES string of the molecule is Cc1cc(Br)ccc1-n1c(CCl)nc2cc(Cl)c(Cl)cc21. The van der Waals surface area contributed by atoms with Crippen molar-refractivity contribution in [2.24, 2.45) is 0 Å². The molecule has 0 unspecified atom stereocenters. The van der Waals surface area contributed by atoms with Crippen molar-refractivity contribution in [2.75, 3.05) is 0 Å². The second-order valence-electron chi connectivity index (χ2n) is 4.68. The van der Waals surface area contributed by atoms with Gasteiger partial charge in [0.1, 0.15) is 5.82 Å². The summed E-state index contributed by atoms with van der Waals surface area (Å²) in [6.07, 6.45) is 0. The number of aromatic nitrogens is 2. The minimum atomic E-state index is 0.305. The molecule has 2 nitrogen and oxygen atoms in total. The molecule has 2 aromatic carbocycles. The number of benzene rings is 2. The van der Waals surface area contributed by atoms with Crippen LogP contribution in [0.25, 0.3) is 16.7 Å². The van der Waals surface area contributed by atoms with E-state index in [0.29, 0.717) is 15.9 Å². The van der Waals surface area contributed by atoms with Crippen LogP contribution >= 0.6 is 50.7 Å². The summed E-state index contributed by atoms with van der Waals surface area (Å²) < 4.78 is 3.05. The Morgan fingerprint density at radius 2 is 1.86 bits per heavy atom. The van der Waals surface area contributed by atoms with Crippen LogP contribution in [0.1, 0.15) is 11.4 Å². The number of nitrogens with zero attached hydrogens (tertiary/aromatic N) is 2. The van der Waals surface area contributed by atoms with Crippen LogP contribution in [0.2, 0.25) is 10.0 Å². The van der Waals surface area contributed by atoms with Gasteiger partial charge in [0.05, 0.1) is 32.6 Å². The molecule has 0 atom stereocenters. The maximum atomic E-state index is 6.15. The summed E-state index contributed by atoms with van der Waals surface area (Å²) in [5.41, 5.74) is 3.81. The second kappa shape index (κ2) is 5.81. The predicted octanol–water partition coefficient (Wildman–Crippen LogP) is 6.14. The van der Waals surface area contributed by atoms with Gasteiger partial charge in [-0.3, -0.25) is 4.57 Å². The summed E-state index contributed by atoms with van der Waals surface area (Å²) in [5, 5.41) is 0.990. The average Bonchev–Trinajstić information content (AvgIpc) is 2.77. The maximum Gasteiger partial charge on any atom is 0.129 e. The number of fused-ring (bicyclic) bond motifs is 1. The Morgan fingerprint density at radius 3 is 2.52 bits per heavy atom. The zero-order chi connectivity index (χ0) is 15.1. The lowest BCUT2D eigenvalue weighted by Gasteiger charge is -2.11. The third-order valence-corrected chi connectivity index (χ3v) is 4.74. The first-order valence-electron chi connectivity index (χ1n) is 6.20. The van der Waals surface area contributed by atoms with Crippen LogP contribution in [0.4, 0.5) is 0 Å². The topological polar surface area (TPSA) is 17.8 Å². The molecule has 1 heterocycles. The van der Waals surface area contributed by atoms with Gasteiger partial charge in [0.2, 0.25) is 0 Å². The van der Waals surface area contributed by atoms with E-state index in [0.717, 1.165) is 32.6 Å². The molecule has 0 saturated heterocycles. The smallest absolute Gasteiger partial charge is 0.129 e. The Balaban J connectivity index is 2.37. The fourth-order valence-corrected chi connectivity index (χ4v) is 3.32. The van der Waals surface area contributed by atoms with Crippen LogP contribution in [0.3, 0.4) is 0 Å². The number of hydrogen-bond donors (Lipinski definition) is 0. The highest BCUT2D eigenvalue weighted by Gasteiger charge is 2.15. The highest BCUT2D eigenvalue weighted by molar-refractivity contribution is 9.10. The molecular formula is C15H10BrCl3N2. The van der Waals surface area contributed by atoms with Gasteiger partial charge in [-0.2, -0.15) is 0 Å². The van der Waals surface area contributed by atoms with E-state index in [1.54, 1.807) is 6.07 Å². The van der Waals surface area contributed by atoms with Crippen molar-refractivity contribution in [3.63, 3.8) is 0 Å². The number of imidazole rings is 1. The van der Waals surface area contributed by atoms with Crippen molar-refractivity contribution in [1.82, 2.24) is 9.55 Å². The van der Waals surface area contributed by atoms with Crippen LogP contribution in [0, 0.1) is 6.92 Å². The molecule has 0 N–H and O–H groups in total. The molecule has 6 heteroatoms. The third kappa shape index (κ3) is 2.68. The Hall–Kier alpha value is -0.740. The standard InChI is InChI=1S/C15H10BrCl3N2/c1-8-4-9(16)2-3-13(8)21-14-6-11(19)10(18)5-12(14)20-15(21)7-17/h2-6H,7H2,1H3. The number of hydrogen-bond acceptors (Lipinski definition) is 1. The van der Waals surface area contributed by atoms with Crippen LogP contribution in [-0.4, -0.2) is 9.55 Å².